The molecule has 0 spiro atoms. The van der Waals surface area contributed by atoms with Gasteiger partial charge < -0.3 is 15.0 Å². The Morgan fingerprint density at radius 3 is 2.56 bits per heavy atom. The van der Waals surface area contributed by atoms with Crippen LogP contribution < -0.4 is 10.2 Å². The lowest BCUT2D eigenvalue weighted by atomic mass is 9.98. The molecule has 2 heterocycles. The van der Waals surface area contributed by atoms with Gasteiger partial charge in [-0.15, -0.1) is 10.2 Å². The van der Waals surface area contributed by atoms with Crippen LogP contribution in [0.1, 0.15) is 38.6 Å². The van der Waals surface area contributed by atoms with Crippen molar-refractivity contribution in [2.24, 2.45) is 11.8 Å². The monoisotopic (exact) mass is 378 g/mol. The Balaban J connectivity index is 1.62. The molecule has 10 heteroatoms. The average Bonchev–Trinajstić information content (AvgIpc) is 3.10. The number of carbonyl (C=O) groups is 1. The van der Waals surface area contributed by atoms with Crippen LogP contribution in [0.15, 0.2) is 0 Å². The number of fused-ring (bicyclic) bond motifs is 1. The van der Waals surface area contributed by atoms with Gasteiger partial charge in [0.05, 0.1) is 0 Å². The first-order valence-corrected chi connectivity index (χ1v) is 9.00. The second-order valence-electron chi connectivity index (χ2n) is 7.55. The minimum Gasteiger partial charge on any atom is -0.444 e. The Hall–Kier alpha value is -1.58. The normalized spacial score (nSPS) is 26.6. The van der Waals surface area contributed by atoms with Crippen molar-refractivity contribution in [2.45, 2.75) is 51.4 Å². The summed E-state index contributed by atoms with van der Waals surface area (Å²) in [5, 5.41) is 9.20. The molecule has 140 valence electrons. The number of halogens is 3. The number of anilines is 1. The van der Waals surface area contributed by atoms with Gasteiger partial charge in [0.15, 0.2) is 0 Å². The van der Waals surface area contributed by atoms with Gasteiger partial charge in [0.1, 0.15) is 5.60 Å². The summed E-state index contributed by atoms with van der Waals surface area (Å²) in [4.78, 5) is 13.8. The van der Waals surface area contributed by atoms with E-state index in [0.717, 1.165) is 12.8 Å². The smallest absolute Gasteiger partial charge is 0.444 e. The summed E-state index contributed by atoms with van der Waals surface area (Å²) in [6, 6.07) is -0.0279. The molecule has 1 N–H and O–H groups in total. The summed E-state index contributed by atoms with van der Waals surface area (Å²) in [5.41, 5.74) is -0.565. The second-order valence-corrected chi connectivity index (χ2v) is 8.50. The lowest BCUT2D eigenvalue weighted by Crippen LogP contribution is -2.42. The second kappa shape index (κ2) is 6.30. The van der Waals surface area contributed by atoms with Crippen molar-refractivity contribution in [2.75, 3.05) is 18.0 Å². The number of nitrogens with zero attached hydrogens (tertiary/aromatic N) is 3. The summed E-state index contributed by atoms with van der Waals surface area (Å²) in [6.45, 7) is 6.61. The van der Waals surface area contributed by atoms with Gasteiger partial charge in [-0.25, -0.2) is 4.79 Å². The highest BCUT2D eigenvalue weighted by atomic mass is 32.1. The Morgan fingerprint density at radius 2 is 1.96 bits per heavy atom. The molecular formula is C15H21F3N4O2S. The van der Waals surface area contributed by atoms with E-state index in [4.69, 9.17) is 4.74 Å². The van der Waals surface area contributed by atoms with Gasteiger partial charge in [-0.3, -0.25) is 0 Å². The molecule has 2 aliphatic rings. The fourth-order valence-electron chi connectivity index (χ4n) is 3.52. The Kier molecular flexibility index (Phi) is 4.59. The molecule has 25 heavy (non-hydrogen) atoms. The highest BCUT2D eigenvalue weighted by molar-refractivity contribution is 7.15. The number of rotatable bonds is 2. The van der Waals surface area contributed by atoms with E-state index in [-0.39, 0.29) is 17.1 Å². The quantitative estimate of drug-likeness (QED) is 0.855. The van der Waals surface area contributed by atoms with Crippen LogP contribution in [-0.4, -0.2) is 41.0 Å². The summed E-state index contributed by atoms with van der Waals surface area (Å²) >= 11 is 0.565. The molecule has 2 fully saturated rings. The maximum absolute atomic E-state index is 12.7. The number of ether oxygens (including phenoxy) is 1. The number of aromatic nitrogens is 2. The lowest BCUT2D eigenvalue weighted by molar-refractivity contribution is -0.138. The average molecular weight is 378 g/mol. The highest BCUT2D eigenvalue weighted by Gasteiger charge is 2.45. The highest BCUT2D eigenvalue weighted by Crippen LogP contribution is 2.42. The van der Waals surface area contributed by atoms with Crippen molar-refractivity contribution >= 4 is 22.6 Å². The van der Waals surface area contributed by atoms with E-state index in [9.17, 15) is 18.0 Å². The van der Waals surface area contributed by atoms with Crippen molar-refractivity contribution in [1.82, 2.24) is 15.5 Å². The van der Waals surface area contributed by atoms with Crippen LogP contribution >= 0.6 is 11.3 Å². The fourth-order valence-corrected chi connectivity index (χ4v) is 4.25. The lowest BCUT2D eigenvalue weighted by Gasteiger charge is -2.24. The number of amides is 1. The molecule has 1 aromatic rings. The maximum atomic E-state index is 12.7. The van der Waals surface area contributed by atoms with Gasteiger partial charge in [-0.05, 0) is 39.5 Å². The van der Waals surface area contributed by atoms with Crippen LogP contribution in [0.5, 0.6) is 0 Å². The Morgan fingerprint density at radius 1 is 1.24 bits per heavy atom. The van der Waals surface area contributed by atoms with Gasteiger partial charge in [-0.1, -0.05) is 11.3 Å². The fraction of sp³-hybridized carbons (Fsp3) is 0.800. The number of alkyl carbamates (subject to hydrolysis) is 1. The first-order valence-electron chi connectivity index (χ1n) is 8.18. The number of nitrogens with one attached hydrogen (secondary N) is 1. The number of alkyl halides is 3. The minimum atomic E-state index is -4.47. The zero-order valence-corrected chi connectivity index (χ0v) is 15.1. The largest absolute Gasteiger partial charge is 0.445 e. The third kappa shape index (κ3) is 4.16. The molecule has 0 unspecified atom stereocenters. The minimum absolute atomic E-state index is 0.0279. The predicted molar refractivity (Wildman–Crippen MR) is 86.5 cm³/mol. The molecule has 1 saturated heterocycles. The van der Waals surface area contributed by atoms with Crippen molar-refractivity contribution < 1.29 is 22.7 Å². The van der Waals surface area contributed by atoms with Crippen molar-refractivity contribution in [3.05, 3.63) is 5.01 Å². The van der Waals surface area contributed by atoms with Gasteiger partial charge in [0.2, 0.25) is 10.1 Å². The number of hydrogen-bond acceptors (Lipinski definition) is 6. The van der Waals surface area contributed by atoms with Gasteiger partial charge >= 0.3 is 12.3 Å². The first kappa shape index (κ1) is 18.2. The van der Waals surface area contributed by atoms with Crippen LogP contribution in [0.4, 0.5) is 23.1 Å². The van der Waals surface area contributed by atoms with Crippen LogP contribution in [0.2, 0.25) is 0 Å². The molecule has 6 nitrogen and oxygen atoms in total. The Labute approximate surface area is 147 Å². The first-order chi connectivity index (χ1) is 11.5. The molecule has 1 aliphatic carbocycles. The zero-order valence-electron chi connectivity index (χ0n) is 14.3. The Bertz CT molecular complexity index is 643. The van der Waals surface area contributed by atoms with Gasteiger partial charge in [-0.2, -0.15) is 13.2 Å². The molecule has 1 amide bonds. The maximum Gasteiger partial charge on any atom is 0.445 e. The number of carbonyl (C=O) groups excluding carboxylic acids is 1. The summed E-state index contributed by atoms with van der Waals surface area (Å²) < 4.78 is 43.4. The van der Waals surface area contributed by atoms with Crippen LogP contribution in [0, 0.1) is 11.8 Å². The molecule has 1 saturated carbocycles. The van der Waals surface area contributed by atoms with E-state index < -0.39 is 22.9 Å². The molecule has 0 bridgehead atoms. The van der Waals surface area contributed by atoms with Crippen LogP contribution in [0.25, 0.3) is 0 Å². The van der Waals surface area contributed by atoms with Crippen LogP contribution in [0.3, 0.4) is 0 Å². The van der Waals surface area contributed by atoms with Gasteiger partial charge in [0.25, 0.3) is 0 Å². The van der Waals surface area contributed by atoms with E-state index in [1.54, 1.807) is 20.8 Å². The van der Waals surface area contributed by atoms with Crippen LogP contribution in [-0.2, 0) is 10.9 Å². The van der Waals surface area contributed by atoms with E-state index in [2.05, 4.69) is 15.5 Å². The molecule has 3 rings (SSSR count). The number of hydrogen-bond donors (Lipinski definition) is 1. The van der Waals surface area contributed by atoms with E-state index in [1.807, 2.05) is 4.90 Å². The third-order valence-corrected chi connectivity index (χ3v) is 5.52. The molecule has 0 aromatic carbocycles. The molecule has 0 radical (unpaired) electrons. The van der Waals surface area contributed by atoms with E-state index in [0.29, 0.717) is 30.3 Å². The van der Waals surface area contributed by atoms with Gasteiger partial charge in [0, 0.05) is 25.0 Å². The molecule has 3 atom stereocenters. The van der Waals surface area contributed by atoms with Crippen molar-refractivity contribution in [1.29, 1.82) is 0 Å². The molecule has 1 aromatic heterocycles. The summed E-state index contributed by atoms with van der Waals surface area (Å²) in [6.07, 6.45) is -3.14. The molecular weight excluding hydrogens is 357 g/mol. The topological polar surface area (TPSA) is 67.3 Å². The predicted octanol–water partition coefficient (Wildman–Crippen LogP) is 3.30. The standard InChI is InChI=1S/C15H21F3N4O2S/c1-14(2,3)24-13(23)19-10-5-4-8-6-22(7-9(8)10)12-21-20-11(25-12)15(16,17)18/h8-10H,4-7H2,1-3H3,(H,19,23)/t8-,9+,10-/m1/s1. The summed E-state index contributed by atoms with van der Waals surface area (Å²) in [5.74, 6) is 0.518. The SMILES string of the molecule is CC(C)(C)OC(=O)N[C@@H]1CC[C@@H]2CN(c3nnc(C(F)(F)F)s3)C[C@@H]21. The van der Waals surface area contributed by atoms with E-state index in [1.165, 1.54) is 0 Å². The third-order valence-electron chi connectivity index (χ3n) is 4.49. The molecule has 1 aliphatic heterocycles. The summed E-state index contributed by atoms with van der Waals surface area (Å²) in [7, 11) is 0. The zero-order chi connectivity index (χ0) is 18.4. The van der Waals surface area contributed by atoms with E-state index >= 15 is 0 Å². The van der Waals surface area contributed by atoms with Crippen molar-refractivity contribution in [3.63, 3.8) is 0 Å². The van der Waals surface area contributed by atoms with Crippen molar-refractivity contribution in [3.8, 4) is 0 Å².